The molecule has 5 heteroatoms. The Hall–Kier alpha value is -1.26. The Morgan fingerprint density at radius 1 is 1.47 bits per heavy atom. The van der Waals surface area contributed by atoms with Crippen molar-refractivity contribution in [1.29, 1.82) is 0 Å². The molecule has 1 heterocycles. The van der Waals surface area contributed by atoms with E-state index in [4.69, 9.17) is 21.1 Å². The smallest absolute Gasteiger partial charge is 0.237 e. The van der Waals surface area contributed by atoms with Crippen LogP contribution < -0.4 is 4.74 Å². The number of alkyl halides is 1. The summed E-state index contributed by atoms with van der Waals surface area (Å²) in [4.78, 5) is 13.2. The molecular weight excluding hydrogens is 266 g/mol. The molecule has 0 aromatic heterocycles. The summed E-state index contributed by atoms with van der Waals surface area (Å²) >= 11 is 5.56. The average Bonchev–Trinajstić information content (AvgIpc) is 2.46. The fourth-order valence-electron chi connectivity index (χ4n) is 1.95. The lowest BCUT2D eigenvalue weighted by Gasteiger charge is -2.32. The number of benzene rings is 1. The summed E-state index contributed by atoms with van der Waals surface area (Å²) in [5.74, 6) is 0.784. The number of aryl methyl sites for hydroxylation is 1. The van der Waals surface area contributed by atoms with Crippen molar-refractivity contribution in [2.75, 3.05) is 32.2 Å². The summed E-state index contributed by atoms with van der Waals surface area (Å²) in [6, 6.07) is 7.86. The SMILES string of the molecule is Cc1ccc(OC[C@H]2CN(C(=O)CCl)CCO2)cc1. The fourth-order valence-corrected chi connectivity index (χ4v) is 2.12. The van der Waals surface area contributed by atoms with Crippen LogP contribution in [0, 0.1) is 6.92 Å². The molecule has 2 rings (SSSR count). The van der Waals surface area contributed by atoms with Gasteiger partial charge in [0.2, 0.25) is 5.91 Å². The number of halogens is 1. The first kappa shape index (κ1) is 14.2. The van der Waals surface area contributed by atoms with Crippen LogP contribution in [0.2, 0.25) is 0 Å². The van der Waals surface area contributed by atoms with Crippen molar-refractivity contribution in [3.05, 3.63) is 29.8 Å². The van der Waals surface area contributed by atoms with Crippen molar-refractivity contribution < 1.29 is 14.3 Å². The Kier molecular flexibility index (Phi) is 5.05. The maximum absolute atomic E-state index is 11.5. The second-order valence-electron chi connectivity index (χ2n) is 4.59. The highest BCUT2D eigenvalue weighted by Gasteiger charge is 2.24. The summed E-state index contributed by atoms with van der Waals surface area (Å²) < 4.78 is 11.3. The summed E-state index contributed by atoms with van der Waals surface area (Å²) in [5.41, 5.74) is 1.19. The molecule has 0 saturated carbocycles. The maximum Gasteiger partial charge on any atom is 0.237 e. The monoisotopic (exact) mass is 283 g/mol. The predicted molar refractivity (Wildman–Crippen MR) is 73.7 cm³/mol. The van der Waals surface area contributed by atoms with Crippen LogP contribution in [0.25, 0.3) is 0 Å². The third kappa shape index (κ3) is 4.11. The van der Waals surface area contributed by atoms with E-state index < -0.39 is 0 Å². The van der Waals surface area contributed by atoms with E-state index in [0.29, 0.717) is 26.3 Å². The second kappa shape index (κ2) is 6.78. The van der Waals surface area contributed by atoms with Crippen LogP contribution in [0.3, 0.4) is 0 Å². The first-order valence-corrected chi connectivity index (χ1v) is 6.87. The van der Waals surface area contributed by atoms with E-state index in [1.807, 2.05) is 31.2 Å². The molecule has 0 aliphatic carbocycles. The molecular formula is C14H18ClNO3. The second-order valence-corrected chi connectivity index (χ2v) is 4.86. The van der Waals surface area contributed by atoms with Crippen molar-refractivity contribution >= 4 is 17.5 Å². The maximum atomic E-state index is 11.5. The van der Waals surface area contributed by atoms with Gasteiger partial charge in [-0.3, -0.25) is 4.79 Å². The number of ether oxygens (including phenoxy) is 2. The van der Waals surface area contributed by atoms with E-state index in [-0.39, 0.29) is 17.9 Å². The largest absolute Gasteiger partial charge is 0.491 e. The molecule has 104 valence electrons. The van der Waals surface area contributed by atoms with E-state index in [9.17, 15) is 4.79 Å². The van der Waals surface area contributed by atoms with E-state index in [1.54, 1.807) is 4.90 Å². The van der Waals surface area contributed by atoms with Gasteiger partial charge >= 0.3 is 0 Å². The van der Waals surface area contributed by atoms with Crippen LogP contribution in [0.15, 0.2) is 24.3 Å². The molecule has 1 fully saturated rings. The normalized spacial score (nSPS) is 19.3. The standard InChI is InChI=1S/C14H18ClNO3/c1-11-2-4-12(5-3-11)19-10-13-9-16(6-7-18-13)14(17)8-15/h2-5,13H,6-10H2,1H3/t13-/m1/s1. The molecule has 1 aromatic carbocycles. The molecule has 1 aliphatic rings. The lowest BCUT2D eigenvalue weighted by Crippen LogP contribution is -2.48. The number of rotatable bonds is 4. The van der Waals surface area contributed by atoms with Crippen molar-refractivity contribution in [3.63, 3.8) is 0 Å². The quantitative estimate of drug-likeness (QED) is 0.792. The fraction of sp³-hybridized carbons (Fsp3) is 0.500. The number of amides is 1. The zero-order valence-corrected chi connectivity index (χ0v) is 11.7. The number of carbonyl (C=O) groups is 1. The van der Waals surface area contributed by atoms with Crippen molar-refractivity contribution in [2.45, 2.75) is 13.0 Å². The highest BCUT2D eigenvalue weighted by molar-refractivity contribution is 6.27. The predicted octanol–water partition coefficient (Wildman–Crippen LogP) is 1.84. The Morgan fingerprint density at radius 2 is 2.21 bits per heavy atom. The van der Waals surface area contributed by atoms with Crippen molar-refractivity contribution in [2.24, 2.45) is 0 Å². The number of nitrogens with zero attached hydrogens (tertiary/aromatic N) is 1. The lowest BCUT2D eigenvalue weighted by molar-refractivity contribution is -0.137. The summed E-state index contributed by atoms with van der Waals surface area (Å²) in [5, 5.41) is 0. The first-order valence-electron chi connectivity index (χ1n) is 6.34. The number of hydrogen-bond acceptors (Lipinski definition) is 3. The number of morpholine rings is 1. The highest BCUT2D eigenvalue weighted by Crippen LogP contribution is 2.13. The third-order valence-electron chi connectivity index (χ3n) is 3.06. The Morgan fingerprint density at radius 3 is 2.89 bits per heavy atom. The molecule has 1 saturated heterocycles. The van der Waals surface area contributed by atoms with E-state index >= 15 is 0 Å². The van der Waals surface area contributed by atoms with Gasteiger partial charge in [-0.25, -0.2) is 0 Å². The van der Waals surface area contributed by atoms with Gasteiger partial charge in [0.25, 0.3) is 0 Å². The van der Waals surface area contributed by atoms with Gasteiger partial charge in [-0.1, -0.05) is 17.7 Å². The molecule has 0 radical (unpaired) electrons. The third-order valence-corrected chi connectivity index (χ3v) is 3.29. The molecule has 0 bridgehead atoms. The van der Waals surface area contributed by atoms with Gasteiger partial charge in [0.1, 0.15) is 24.3 Å². The van der Waals surface area contributed by atoms with E-state index in [0.717, 1.165) is 5.75 Å². The Bertz CT molecular complexity index is 421. The summed E-state index contributed by atoms with van der Waals surface area (Å²) in [6.45, 7) is 4.15. The van der Waals surface area contributed by atoms with Crippen LogP contribution in [-0.4, -0.2) is 49.1 Å². The average molecular weight is 284 g/mol. The lowest BCUT2D eigenvalue weighted by atomic mass is 10.2. The van der Waals surface area contributed by atoms with Gasteiger partial charge in [0, 0.05) is 6.54 Å². The number of carbonyl (C=O) groups excluding carboxylic acids is 1. The van der Waals surface area contributed by atoms with Crippen LogP contribution in [0.1, 0.15) is 5.56 Å². The number of hydrogen-bond donors (Lipinski definition) is 0. The van der Waals surface area contributed by atoms with Crippen LogP contribution in [-0.2, 0) is 9.53 Å². The van der Waals surface area contributed by atoms with Crippen molar-refractivity contribution in [1.82, 2.24) is 4.90 Å². The molecule has 0 spiro atoms. The van der Waals surface area contributed by atoms with E-state index in [2.05, 4.69) is 0 Å². The molecule has 19 heavy (non-hydrogen) atoms. The summed E-state index contributed by atoms with van der Waals surface area (Å²) in [7, 11) is 0. The minimum Gasteiger partial charge on any atom is -0.491 e. The molecule has 1 amide bonds. The molecule has 1 aliphatic heterocycles. The van der Waals surface area contributed by atoms with Gasteiger partial charge in [-0.15, -0.1) is 11.6 Å². The molecule has 1 atom stereocenters. The van der Waals surface area contributed by atoms with Crippen LogP contribution >= 0.6 is 11.6 Å². The molecule has 4 nitrogen and oxygen atoms in total. The minimum atomic E-state index is -0.0952. The molecule has 1 aromatic rings. The van der Waals surface area contributed by atoms with Gasteiger partial charge in [-0.05, 0) is 19.1 Å². The van der Waals surface area contributed by atoms with Gasteiger partial charge in [-0.2, -0.15) is 0 Å². The molecule has 0 N–H and O–H groups in total. The Labute approximate surface area is 118 Å². The topological polar surface area (TPSA) is 38.8 Å². The molecule has 0 unspecified atom stereocenters. The van der Waals surface area contributed by atoms with Gasteiger partial charge < -0.3 is 14.4 Å². The van der Waals surface area contributed by atoms with Gasteiger partial charge in [0.15, 0.2) is 0 Å². The van der Waals surface area contributed by atoms with Gasteiger partial charge in [0.05, 0.1) is 13.2 Å². The zero-order chi connectivity index (χ0) is 13.7. The highest BCUT2D eigenvalue weighted by atomic mass is 35.5. The first-order chi connectivity index (χ1) is 9.19. The van der Waals surface area contributed by atoms with Crippen molar-refractivity contribution in [3.8, 4) is 5.75 Å². The van der Waals surface area contributed by atoms with E-state index in [1.165, 1.54) is 5.56 Å². The summed E-state index contributed by atoms with van der Waals surface area (Å²) in [6.07, 6.45) is -0.0952. The minimum absolute atomic E-state index is 0.0194. The van der Waals surface area contributed by atoms with Crippen LogP contribution in [0.4, 0.5) is 0 Å². The zero-order valence-electron chi connectivity index (χ0n) is 11.0. The van der Waals surface area contributed by atoms with Crippen LogP contribution in [0.5, 0.6) is 5.75 Å². The Balaban J connectivity index is 1.82.